The minimum Gasteiger partial charge on any atom is -0.497 e. The molecule has 1 fully saturated rings. The van der Waals surface area contributed by atoms with Crippen LogP contribution in [0.5, 0.6) is 17.2 Å². The predicted octanol–water partition coefficient (Wildman–Crippen LogP) is 4.13. The van der Waals surface area contributed by atoms with Gasteiger partial charge in [0, 0.05) is 18.4 Å². The maximum absolute atomic E-state index is 5.91. The summed E-state index contributed by atoms with van der Waals surface area (Å²) in [4.78, 5) is 0. The molecular weight excluding hydrogens is 330 g/mol. The van der Waals surface area contributed by atoms with Crippen molar-refractivity contribution >= 4 is 5.69 Å². The summed E-state index contributed by atoms with van der Waals surface area (Å²) in [5.74, 6) is 2.51. The highest BCUT2D eigenvalue weighted by molar-refractivity contribution is 5.48. The highest BCUT2D eigenvalue weighted by Gasteiger charge is 2.16. The van der Waals surface area contributed by atoms with Gasteiger partial charge in [0.1, 0.15) is 30.0 Å². The second-order valence-corrected chi connectivity index (χ2v) is 6.46. The van der Waals surface area contributed by atoms with Gasteiger partial charge < -0.3 is 24.3 Å². The van der Waals surface area contributed by atoms with E-state index in [0.29, 0.717) is 13.2 Å². The van der Waals surface area contributed by atoms with E-state index in [9.17, 15) is 0 Å². The van der Waals surface area contributed by atoms with Gasteiger partial charge in [0.25, 0.3) is 0 Å². The summed E-state index contributed by atoms with van der Waals surface area (Å²) in [6.45, 7) is 4.19. The van der Waals surface area contributed by atoms with Crippen LogP contribution in [0.15, 0.2) is 48.5 Å². The van der Waals surface area contributed by atoms with Crippen molar-refractivity contribution < 1.29 is 18.9 Å². The zero-order valence-electron chi connectivity index (χ0n) is 15.4. The number of ether oxygens (including phenoxy) is 4. The fourth-order valence-corrected chi connectivity index (χ4v) is 2.85. The standard InChI is InChI=1S/C21H27NO4/c1-16(26-19-10-8-18(23-2)9-11-19)14-22-17-5-3-6-20(13-17)25-15-21-7-4-12-24-21/h3,5-6,8-11,13,16,21-22H,4,7,12,14-15H2,1-2H3. The SMILES string of the molecule is COc1ccc(OC(C)CNc2cccc(OCC3CCCO3)c2)cc1. The molecule has 2 aromatic carbocycles. The number of methoxy groups -OCH3 is 1. The average Bonchev–Trinajstić information content (AvgIpc) is 3.19. The Bertz CT molecular complexity index is 668. The fourth-order valence-electron chi connectivity index (χ4n) is 2.85. The third kappa shape index (κ3) is 5.56. The Kier molecular flexibility index (Phi) is 6.61. The van der Waals surface area contributed by atoms with Crippen LogP contribution >= 0.6 is 0 Å². The maximum Gasteiger partial charge on any atom is 0.121 e. The van der Waals surface area contributed by atoms with Crippen LogP contribution in [0.3, 0.4) is 0 Å². The van der Waals surface area contributed by atoms with Crippen LogP contribution in [0.4, 0.5) is 5.69 Å². The summed E-state index contributed by atoms with van der Waals surface area (Å²) in [5.41, 5.74) is 1.01. The van der Waals surface area contributed by atoms with E-state index in [1.165, 1.54) is 0 Å². The molecule has 0 bridgehead atoms. The van der Waals surface area contributed by atoms with E-state index in [4.69, 9.17) is 18.9 Å². The Hall–Kier alpha value is -2.40. The van der Waals surface area contributed by atoms with Crippen LogP contribution in [0.1, 0.15) is 19.8 Å². The van der Waals surface area contributed by atoms with Crippen LogP contribution in [0, 0.1) is 0 Å². The molecule has 0 aliphatic carbocycles. The van der Waals surface area contributed by atoms with Crippen LogP contribution in [0.25, 0.3) is 0 Å². The molecule has 0 radical (unpaired) electrons. The van der Waals surface area contributed by atoms with Gasteiger partial charge in [-0.1, -0.05) is 6.07 Å². The van der Waals surface area contributed by atoms with Gasteiger partial charge in [0.15, 0.2) is 0 Å². The number of anilines is 1. The third-order valence-corrected chi connectivity index (χ3v) is 4.28. The molecule has 2 aromatic rings. The van der Waals surface area contributed by atoms with Gasteiger partial charge in [-0.2, -0.15) is 0 Å². The number of nitrogens with one attached hydrogen (secondary N) is 1. The first-order chi connectivity index (χ1) is 12.7. The zero-order valence-corrected chi connectivity index (χ0v) is 15.4. The van der Waals surface area contributed by atoms with Crippen molar-refractivity contribution in [1.29, 1.82) is 0 Å². The summed E-state index contributed by atoms with van der Waals surface area (Å²) in [6, 6.07) is 15.6. The van der Waals surface area contributed by atoms with Gasteiger partial charge in [-0.15, -0.1) is 0 Å². The molecule has 5 nitrogen and oxygen atoms in total. The summed E-state index contributed by atoms with van der Waals surface area (Å²) in [7, 11) is 1.65. The van der Waals surface area contributed by atoms with E-state index < -0.39 is 0 Å². The summed E-state index contributed by atoms with van der Waals surface area (Å²) < 4.78 is 22.5. The lowest BCUT2D eigenvalue weighted by Crippen LogP contribution is -2.22. The Balaban J connectivity index is 1.44. The molecule has 1 aliphatic rings. The number of rotatable bonds is 9. The molecule has 5 heteroatoms. The largest absolute Gasteiger partial charge is 0.497 e. The molecule has 0 spiro atoms. The van der Waals surface area contributed by atoms with E-state index in [2.05, 4.69) is 5.32 Å². The summed E-state index contributed by atoms with van der Waals surface area (Å²) >= 11 is 0. The first-order valence-corrected chi connectivity index (χ1v) is 9.12. The Morgan fingerprint density at radius 2 is 1.92 bits per heavy atom. The quantitative estimate of drug-likeness (QED) is 0.731. The Morgan fingerprint density at radius 3 is 2.65 bits per heavy atom. The molecule has 2 atom stereocenters. The molecule has 0 saturated carbocycles. The molecule has 1 heterocycles. The molecule has 1 N–H and O–H groups in total. The first kappa shape index (κ1) is 18.4. The van der Waals surface area contributed by atoms with Gasteiger partial charge in [-0.05, 0) is 56.2 Å². The lowest BCUT2D eigenvalue weighted by Gasteiger charge is -2.17. The van der Waals surface area contributed by atoms with Crippen molar-refractivity contribution in [2.24, 2.45) is 0 Å². The monoisotopic (exact) mass is 357 g/mol. The minimum absolute atomic E-state index is 0.0276. The van der Waals surface area contributed by atoms with Crippen molar-refractivity contribution in [3.8, 4) is 17.2 Å². The summed E-state index contributed by atoms with van der Waals surface area (Å²) in [5, 5.41) is 3.39. The van der Waals surface area contributed by atoms with E-state index in [0.717, 1.165) is 42.4 Å². The fraction of sp³-hybridized carbons (Fsp3) is 0.429. The predicted molar refractivity (Wildman–Crippen MR) is 102 cm³/mol. The van der Waals surface area contributed by atoms with Crippen molar-refractivity contribution in [3.63, 3.8) is 0 Å². The molecular formula is C21H27NO4. The van der Waals surface area contributed by atoms with Crippen molar-refractivity contribution in [3.05, 3.63) is 48.5 Å². The zero-order chi connectivity index (χ0) is 18.2. The van der Waals surface area contributed by atoms with E-state index in [1.54, 1.807) is 7.11 Å². The molecule has 1 saturated heterocycles. The Morgan fingerprint density at radius 1 is 1.12 bits per heavy atom. The molecule has 0 amide bonds. The molecule has 140 valence electrons. The minimum atomic E-state index is 0.0276. The normalized spacial score (nSPS) is 17.5. The van der Waals surface area contributed by atoms with Crippen LogP contribution < -0.4 is 19.5 Å². The number of hydrogen-bond acceptors (Lipinski definition) is 5. The lowest BCUT2D eigenvalue weighted by atomic mass is 10.2. The van der Waals surface area contributed by atoms with E-state index in [1.807, 2.05) is 55.5 Å². The van der Waals surface area contributed by atoms with Crippen LogP contribution in [0.2, 0.25) is 0 Å². The number of hydrogen-bond donors (Lipinski definition) is 1. The van der Waals surface area contributed by atoms with Crippen molar-refractivity contribution in [1.82, 2.24) is 0 Å². The topological polar surface area (TPSA) is 49.0 Å². The van der Waals surface area contributed by atoms with Gasteiger partial charge >= 0.3 is 0 Å². The molecule has 1 aliphatic heterocycles. The molecule has 2 unspecified atom stereocenters. The molecule has 0 aromatic heterocycles. The first-order valence-electron chi connectivity index (χ1n) is 9.12. The lowest BCUT2D eigenvalue weighted by molar-refractivity contribution is 0.0680. The highest BCUT2D eigenvalue weighted by Crippen LogP contribution is 2.21. The second kappa shape index (κ2) is 9.34. The van der Waals surface area contributed by atoms with Gasteiger partial charge in [-0.3, -0.25) is 0 Å². The highest BCUT2D eigenvalue weighted by atomic mass is 16.5. The van der Waals surface area contributed by atoms with Crippen LogP contribution in [-0.2, 0) is 4.74 Å². The average molecular weight is 357 g/mol. The smallest absolute Gasteiger partial charge is 0.121 e. The maximum atomic E-state index is 5.91. The molecule has 26 heavy (non-hydrogen) atoms. The van der Waals surface area contributed by atoms with Crippen molar-refractivity contribution in [2.75, 3.05) is 32.2 Å². The van der Waals surface area contributed by atoms with Gasteiger partial charge in [-0.25, -0.2) is 0 Å². The van der Waals surface area contributed by atoms with E-state index in [-0.39, 0.29) is 12.2 Å². The van der Waals surface area contributed by atoms with Gasteiger partial charge in [0.2, 0.25) is 0 Å². The molecule has 3 rings (SSSR count). The van der Waals surface area contributed by atoms with Crippen molar-refractivity contribution in [2.45, 2.75) is 32.0 Å². The van der Waals surface area contributed by atoms with E-state index >= 15 is 0 Å². The third-order valence-electron chi connectivity index (χ3n) is 4.28. The van der Waals surface area contributed by atoms with Crippen LogP contribution in [-0.4, -0.2) is 39.1 Å². The Labute approximate surface area is 155 Å². The summed E-state index contributed by atoms with van der Waals surface area (Å²) in [6.07, 6.45) is 2.46. The van der Waals surface area contributed by atoms with Gasteiger partial charge in [0.05, 0.1) is 19.8 Å². The second-order valence-electron chi connectivity index (χ2n) is 6.46. The number of benzene rings is 2.